The summed E-state index contributed by atoms with van der Waals surface area (Å²) in [5.74, 6) is -0.525. The molecule has 0 saturated carbocycles. The van der Waals surface area contributed by atoms with Gasteiger partial charge in [0.1, 0.15) is 15.5 Å². The molecule has 0 saturated heterocycles. The van der Waals surface area contributed by atoms with Gasteiger partial charge in [0.2, 0.25) is 0 Å². The van der Waals surface area contributed by atoms with E-state index in [-0.39, 0.29) is 28.7 Å². The van der Waals surface area contributed by atoms with E-state index in [1.54, 1.807) is 0 Å². The largest absolute Gasteiger partial charge is 0.321 e. The molecule has 120 valence electrons. The third-order valence-corrected chi connectivity index (χ3v) is 4.18. The molecule has 0 bridgehead atoms. The Morgan fingerprint density at radius 2 is 2.14 bits per heavy atom. The summed E-state index contributed by atoms with van der Waals surface area (Å²) in [6.45, 7) is 1.19. The van der Waals surface area contributed by atoms with Crippen molar-refractivity contribution in [3.8, 4) is 0 Å². The van der Waals surface area contributed by atoms with Crippen LogP contribution in [0.15, 0.2) is 6.20 Å². The first-order valence-electron chi connectivity index (χ1n) is 6.45. The van der Waals surface area contributed by atoms with E-state index in [2.05, 4.69) is 5.10 Å². The number of sulfone groups is 1. The molecule has 1 aromatic heterocycles. The van der Waals surface area contributed by atoms with Crippen molar-refractivity contribution in [1.29, 1.82) is 0 Å². The van der Waals surface area contributed by atoms with Crippen LogP contribution in [0.3, 0.4) is 0 Å². The summed E-state index contributed by atoms with van der Waals surface area (Å²) in [5, 5.41) is 4.29. The van der Waals surface area contributed by atoms with Crippen LogP contribution < -0.4 is 5.73 Å². The Balaban J connectivity index is 2.83. The Labute approximate surface area is 130 Å². The van der Waals surface area contributed by atoms with Gasteiger partial charge in [0.25, 0.3) is 0 Å². The SMILES string of the molecule is CN(C)CCn1ncc(Cl)c1C(=O)C(N)CCS(C)(=O)=O. The molecule has 1 rings (SSSR count). The van der Waals surface area contributed by atoms with Crippen LogP contribution in [-0.2, 0) is 16.4 Å². The molecular weight excluding hydrogens is 316 g/mol. The van der Waals surface area contributed by atoms with E-state index in [9.17, 15) is 13.2 Å². The molecule has 0 radical (unpaired) electrons. The maximum atomic E-state index is 12.3. The van der Waals surface area contributed by atoms with Gasteiger partial charge in [0.05, 0.1) is 29.6 Å². The number of nitrogens with zero attached hydrogens (tertiary/aromatic N) is 3. The lowest BCUT2D eigenvalue weighted by atomic mass is 10.1. The van der Waals surface area contributed by atoms with E-state index in [4.69, 9.17) is 17.3 Å². The van der Waals surface area contributed by atoms with Gasteiger partial charge < -0.3 is 10.6 Å². The van der Waals surface area contributed by atoms with Crippen molar-refractivity contribution in [2.24, 2.45) is 5.73 Å². The van der Waals surface area contributed by atoms with Gasteiger partial charge in [0, 0.05) is 12.8 Å². The summed E-state index contributed by atoms with van der Waals surface area (Å²) >= 11 is 6.00. The highest BCUT2D eigenvalue weighted by Crippen LogP contribution is 2.17. The molecule has 1 atom stereocenters. The molecule has 1 unspecified atom stereocenters. The van der Waals surface area contributed by atoms with Crippen LogP contribution in [0.4, 0.5) is 0 Å². The summed E-state index contributed by atoms with van der Waals surface area (Å²) in [5.41, 5.74) is 6.02. The molecule has 0 spiro atoms. The monoisotopic (exact) mass is 336 g/mol. The van der Waals surface area contributed by atoms with Gasteiger partial charge in [-0.15, -0.1) is 0 Å². The second kappa shape index (κ2) is 7.35. The fraction of sp³-hybridized carbons (Fsp3) is 0.667. The lowest BCUT2D eigenvalue weighted by Gasteiger charge is -2.14. The summed E-state index contributed by atoms with van der Waals surface area (Å²) in [6, 6.07) is -0.910. The number of likely N-dealkylation sites (N-methyl/N-ethyl adjacent to an activating group) is 1. The van der Waals surface area contributed by atoms with E-state index >= 15 is 0 Å². The summed E-state index contributed by atoms with van der Waals surface area (Å²) in [6.07, 6.45) is 2.57. The number of nitrogens with two attached hydrogens (primary N) is 1. The number of hydrogen-bond donors (Lipinski definition) is 1. The van der Waals surface area contributed by atoms with Crippen molar-refractivity contribution < 1.29 is 13.2 Å². The maximum absolute atomic E-state index is 12.3. The zero-order chi connectivity index (χ0) is 16.2. The van der Waals surface area contributed by atoms with E-state index < -0.39 is 15.9 Å². The van der Waals surface area contributed by atoms with Crippen molar-refractivity contribution in [3.63, 3.8) is 0 Å². The quantitative estimate of drug-likeness (QED) is 0.673. The highest BCUT2D eigenvalue weighted by molar-refractivity contribution is 7.90. The van der Waals surface area contributed by atoms with Crippen LogP contribution in [0.2, 0.25) is 5.02 Å². The third-order valence-electron chi connectivity index (χ3n) is 2.92. The van der Waals surface area contributed by atoms with Crippen LogP contribution in [0.1, 0.15) is 16.9 Å². The van der Waals surface area contributed by atoms with Crippen LogP contribution in [0.5, 0.6) is 0 Å². The molecule has 0 aliphatic carbocycles. The first-order chi connectivity index (χ1) is 9.61. The number of carbonyl (C=O) groups excluding carboxylic acids is 1. The fourth-order valence-corrected chi connectivity index (χ4v) is 2.64. The standard InChI is InChI=1S/C12H21ClN4O3S/c1-16(2)5-6-17-11(9(13)8-15-17)12(18)10(14)4-7-21(3,19)20/h8,10H,4-7,14H2,1-3H3. The lowest BCUT2D eigenvalue weighted by molar-refractivity contribution is 0.0948. The van der Waals surface area contributed by atoms with Gasteiger partial charge in [-0.3, -0.25) is 9.48 Å². The Morgan fingerprint density at radius 3 is 2.67 bits per heavy atom. The number of aromatic nitrogens is 2. The number of rotatable bonds is 8. The Morgan fingerprint density at radius 1 is 1.52 bits per heavy atom. The maximum Gasteiger partial charge on any atom is 0.199 e. The van der Waals surface area contributed by atoms with Crippen LogP contribution in [0, 0.1) is 0 Å². The van der Waals surface area contributed by atoms with Crippen LogP contribution in [0.25, 0.3) is 0 Å². The van der Waals surface area contributed by atoms with Crippen molar-refractivity contribution in [1.82, 2.24) is 14.7 Å². The van der Waals surface area contributed by atoms with Gasteiger partial charge in [-0.2, -0.15) is 5.10 Å². The summed E-state index contributed by atoms with van der Waals surface area (Å²) < 4.78 is 23.8. The Bertz CT molecular complexity index is 598. The Kier molecular flexibility index (Phi) is 6.33. The minimum Gasteiger partial charge on any atom is -0.321 e. The van der Waals surface area contributed by atoms with Crippen LogP contribution >= 0.6 is 11.6 Å². The number of Topliss-reactive ketones (excluding diaryl/α,β-unsaturated/α-hetero) is 1. The lowest BCUT2D eigenvalue weighted by Crippen LogP contribution is -2.34. The average Bonchev–Trinajstić information content (AvgIpc) is 2.73. The minimum absolute atomic E-state index is 0.0624. The average molecular weight is 337 g/mol. The fourth-order valence-electron chi connectivity index (χ4n) is 1.72. The van der Waals surface area contributed by atoms with Crippen molar-refractivity contribution in [2.75, 3.05) is 32.6 Å². The molecule has 7 nitrogen and oxygen atoms in total. The summed E-state index contributed by atoms with van der Waals surface area (Å²) in [4.78, 5) is 14.3. The molecule has 1 aromatic rings. The van der Waals surface area contributed by atoms with Gasteiger partial charge >= 0.3 is 0 Å². The first-order valence-corrected chi connectivity index (χ1v) is 8.89. The van der Waals surface area contributed by atoms with E-state index in [0.29, 0.717) is 13.1 Å². The number of halogens is 1. The molecular formula is C12H21ClN4O3S. The number of carbonyl (C=O) groups is 1. The van der Waals surface area contributed by atoms with E-state index in [1.165, 1.54) is 10.9 Å². The van der Waals surface area contributed by atoms with Crippen molar-refractivity contribution in [2.45, 2.75) is 19.0 Å². The van der Waals surface area contributed by atoms with Crippen LogP contribution in [-0.4, -0.2) is 67.6 Å². The van der Waals surface area contributed by atoms with E-state index in [0.717, 1.165) is 6.26 Å². The van der Waals surface area contributed by atoms with E-state index in [1.807, 2.05) is 19.0 Å². The second-order valence-corrected chi connectivity index (χ2v) is 7.92. The molecule has 0 aliphatic rings. The smallest absolute Gasteiger partial charge is 0.199 e. The molecule has 2 N–H and O–H groups in total. The predicted octanol–water partition coefficient (Wildman–Crippen LogP) is 0.0428. The molecule has 0 fully saturated rings. The highest BCUT2D eigenvalue weighted by atomic mass is 35.5. The third kappa shape index (κ3) is 5.74. The molecule has 0 aromatic carbocycles. The molecule has 21 heavy (non-hydrogen) atoms. The second-order valence-electron chi connectivity index (χ2n) is 5.26. The van der Waals surface area contributed by atoms with Gasteiger partial charge in [-0.25, -0.2) is 8.42 Å². The molecule has 1 heterocycles. The minimum atomic E-state index is -3.16. The summed E-state index contributed by atoms with van der Waals surface area (Å²) in [7, 11) is 0.657. The van der Waals surface area contributed by atoms with Gasteiger partial charge in [-0.05, 0) is 20.5 Å². The molecule has 0 amide bonds. The predicted molar refractivity (Wildman–Crippen MR) is 82.4 cm³/mol. The van der Waals surface area contributed by atoms with Gasteiger partial charge in [-0.1, -0.05) is 11.6 Å². The Hall–Kier alpha value is -0.960. The normalized spacial score (nSPS) is 13.6. The van der Waals surface area contributed by atoms with Gasteiger partial charge in [0.15, 0.2) is 5.78 Å². The number of hydrogen-bond acceptors (Lipinski definition) is 6. The first kappa shape index (κ1) is 18.1. The molecule has 9 heteroatoms. The molecule has 0 aliphatic heterocycles. The highest BCUT2D eigenvalue weighted by Gasteiger charge is 2.24. The zero-order valence-electron chi connectivity index (χ0n) is 12.4. The van der Waals surface area contributed by atoms with Crippen molar-refractivity contribution in [3.05, 3.63) is 16.9 Å². The topological polar surface area (TPSA) is 98.3 Å². The van der Waals surface area contributed by atoms with Crippen molar-refractivity contribution >= 4 is 27.2 Å². The number of ketones is 1. The zero-order valence-corrected chi connectivity index (χ0v) is 14.0.